The molecule has 0 N–H and O–H groups in total. The molecule has 4 nitrogen and oxygen atoms in total. The summed E-state index contributed by atoms with van der Waals surface area (Å²) >= 11 is 0. The minimum Gasteiger partial charge on any atom is -0.342 e. The van der Waals surface area contributed by atoms with Crippen molar-refractivity contribution in [3.05, 3.63) is 0 Å². The third kappa shape index (κ3) is 2.40. The van der Waals surface area contributed by atoms with Gasteiger partial charge in [-0.1, -0.05) is 13.8 Å². The third-order valence-corrected chi connectivity index (χ3v) is 9.96. The SMILES string of the molecule is CN1C(=O)CC[C@]2(C)C3CC[C@@]4(C)C(CC[C@@H]4N(C=O)C4CC4)C3CC[C@@H]12. The van der Waals surface area contributed by atoms with Crippen molar-refractivity contribution in [3.8, 4) is 0 Å². The second-order valence-electron chi connectivity index (χ2n) is 10.9. The number of hydrogen-bond acceptors (Lipinski definition) is 2. The van der Waals surface area contributed by atoms with Gasteiger partial charge >= 0.3 is 0 Å². The first-order valence-corrected chi connectivity index (χ1v) is 11.4. The molecule has 2 amide bonds. The van der Waals surface area contributed by atoms with E-state index in [0.29, 0.717) is 34.9 Å². The number of likely N-dealkylation sites (tertiary alicyclic amines) is 1. The zero-order valence-corrected chi connectivity index (χ0v) is 17.3. The molecule has 1 heterocycles. The van der Waals surface area contributed by atoms with E-state index in [-0.39, 0.29) is 0 Å². The molecule has 0 radical (unpaired) electrons. The minimum absolute atomic E-state index is 0.297. The van der Waals surface area contributed by atoms with Gasteiger partial charge in [0.15, 0.2) is 0 Å². The molecule has 5 fully saturated rings. The molecule has 4 aliphatic carbocycles. The average Bonchev–Trinajstić information content (AvgIpc) is 3.42. The highest BCUT2D eigenvalue weighted by Gasteiger charge is 2.62. The first kappa shape index (κ1) is 18.0. The van der Waals surface area contributed by atoms with Crippen molar-refractivity contribution >= 4 is 12.3 Å². The molecule has 5 rings (SSSR count). The molecule has 1 aliphatic heterocycles. The number of carbonyl (C=O) groups is 2. The van der Waals surface area contributed by atoms with E-state index in [1.165, 1.54) is 57.8 Å². The number of rotatable bonds is 3. The molecule has 0 aromatic rings. The Bertz CT molecular complexity index is 646. The molecule has 5 aliphatic rings. The lowest BCUT2D eigenvalue weighted by Crippen LogP contribution is -2.62. The molecule has 0 spiro atoms. The first-order chi connectivity index (χ1) is 12.9. The maximum atomic E-state index is 12.3. The van der Waals surface area contributed by atoms with E-state index in [1.807, 2.05) is 7.05 Å². The van der Waals surface area contributed by atoms with E-state index in [2.05, 4.69) is 23.6 Å². The van der Waals surface area contributed by atoms with Gasteiger partial charge in [0.2, 0.25) is 12.3 Å². The van der Waals surface area contributed by atoms with Gasteiger partial charge in [0.25, 0.3) is 0 Å². The van der Waals surface area contributed by atoms with Crippen LogP contribution in [-0.4, -0.2) is 47.3 Å². The Kier molecular flexibility index (Phi) is 3.98. The van der Waals surface area contributed by atoms with Gasteiger partial charge < -0.3 is 9.80 Å². The molecule has 27 heavy (non-hydrogen) atoms. The van der Waals surface area contributed by atoms with Crippen molar-refractivity contribution in [1.29, 1.82) is 0 Å². The molecule has 7 atom stereocenters. The normalized spacial score (nSPS) is 49.2. The van der Waals surface area contributed by atoms with Crippen molar-refractivity contribution in [2.45, 2.75) is 96.2 Å². The van der Waals surface area contributed by atoms with Crippen LogP contribution >= 0.6 is 0 Å². The fourth-order valence-electron chi connectivity index (χ4n) is 8.40. The van der Waals surface area contributed by atoms with Crippen LogP contribution in [-0.2, 0) is 9.59 Å². The lowest BCUT2D eigenvalue weighted by molar-refractivity contribution is -0.159. The van der Waals surface area contributed by atoms with Crippen LogP contribution < -0.4 is 0 Å². The number of piperidine rings is 1. The van der Waals surface area contributed by atoms with Crippen LogP contribution in [0.2, 0.25) is 0 Å². The summed E-state index contributed by atoms with van der Waals surface area (Å²) in [7, 11) is 2.04. The van der Waals surface area contributed by atoms with Crippen LogP contribution in [0.5, 0.6) is 0 Å². The van der Waals surface area contributed by atoms with Crippen molar-refractivity contribution in [3.63, 3.8) is 0 Å². The first-order valence-electron chi connectivity index (χ1n) is 11.4. The fraction of sp³-hybridized carbons (Fsp3) is 0.913. The quantitative estimate of drug-likeness (QED) is 0.706. The molecule has 3 unspecified atom stereocenters. The third-order valence-electron chi connectivity index (χ3n) is 9.96. The molecule has 150 valence electrons. The largest absolute Gasteiger partial charge is 0.342 e. The summed E-state index contributed by atoms with van der Waals surface area (Å²) in [4.78, 5) is 28.5. The number of nitrogens with zero attached hydrogens (tertiary/aromatic N) is 2. The van der Waals surface area contributed by atoms with Crippen LogP contribution in [0.3, 0.4) is 0 Å². The standard InChI is InChI=1S/C23H36N2O2/c1-22-13-11-21(27)24(3)19(22)8-6-16-17-7-9-20(25(14-26)15-4-5-15)23(17,2)12-10-18(16)22/h14-20H,4-13H2,1-3H3/t16?,17?,18?,19-,20+,22-,23+/m1/s1. The van der Waals surface area contributed by atoms with Gasteiger partial charge in [-0.15, -0.1) is 0 Å². The molecule has 4 heteroatoms. The van der Waals surface area contributed by atoms with Gasteiger partial charge in [-0.2, -0.15) is 0 Å². The summed E-state index contributed by atoms with van der Waals surface area (Å²) in [5, 5.41) is 0. The highest BCUT2D eigenvalue weighted by atomic mass is 16.2. The van der Waals surface area contributed by atoms with Crippen LogP contribution in [0.25, 0.3) is 0 Å². The molecular weight excluding hydrogens is 336 g/mol. The van der Waals surface area contributed by atoms with Gasteiger partial charge in [-0.25, -0.2) is 0 Å². The van der Waals surface area contributed by atoms with Gasteiger partial charge in [0.1, 0.15) is 0 Å². The molecule has 0 bridgehead atoms. The molecule has 4 saturated carbocycles. The highest BCUT2D eigenvalue weighted by Crippen LogP contribution is 2.65. The van der Waals surface area contributed by atoms with Crippen LogP contribution in [0, 0.1) is 28.6 Å². The Balaban J connectivity index is 1.42. The Labute approximate surface area is 164 Å². The number of fused-ring (bicyclic) bond motifs is 5. The van der Waals surface area contributed by atoms with Crippen molar-refractivity contribution in [2.24, 2.45) is 28.6 Å². The Hall–Kier alpha value is -1.06. The molecule has 0 aromatic carbocycles. The fourth-order valence-corrected chi connectivity index (χ4v) is 8.40. The maximum absolute atomic E-state index is 12.3. The van der Waals surface area contributed by atoms with Gasteiger partial charge in [0, 0.05) is 31.6 Å². The van der Waals surface area contributed by atoms with E-state index in [9.17, 15) is 9.59 Å². The van der Waals surface area contributed by atoms with Crippen molar-refractivity contribution in [1.82, 2.24) is 9.80 Å². The predicted molar refractivity (Wildman–Crippen MR) is 105 cm³/mol. The Morgan fingerprint density at radius 3 is 2.41 bits per heavy atom. The zero-order valence-electron chi connectivity index (χ0n) is 17.3. The van der Waals surface area contributed by atoms with E-state index < -0.39 is 0 Å². The Morgan fingerprint density at radius 2 is 1.70 bits per heavy atom. The zero-order chi connectivity index (χ0) is 19.0. The molecular formula is C23H36N2O2. The monoisotopic (exact) mass is 372 g/mol. The van der Waals surface area contributed by atoms with Crippen molar-refractivity contribution in [2.75, 3.05) is 7.05 Å². The summed E-state index contributed by atoms with van der Waals surface area (Å²) in [6.07, 6.45) is 12.9. The number of amides is 2. The average molecular weight is 373 g/mol. The summed E-state index contributed by atoms with van der Waals surface area (Å²) in [5.74, 6) is 2.67. The second kappa shape index (κ2) is 5.97. The summed E-state index contributed by atoms with van der Waals surface area (Å²) < 4.78 is 0. The molecule has 0 aromatic heterocycles. The predicted octanol–water partition coefficient (Wildman–Crippen LogP) is 3.84. The van der Waals surface area contributed by atoms with Gasteiger partial charge in [-0.05, 0) is 86.4 Å². The topological polar surface area (TPSA) is 40.6 Å². The van der Waals surface area contributed by atoms with Gasteiger partial charge in [-0.3, -0.25) is 9.59 Å². The van der Waals surface area contributed by atoms with Crippen LogP contribution in [0.4, 0.5) is 0 Å². The number of carbonyl (C=O) groups excluding carboxylic acids is 2. The van der Waals surface area contributed by atoms with Crippen molar-refractivity contribution < 1.29 is 9.59 Å². The van der Waals surface area contributed by atoms with E-state index in [1.54, 1.807) is 0 Å². The second-order valence-corrected chi connectivity index (χ2v) is 10.9. The van der Waals surface area contributed by atoms with E-state index in [0.717, 1.165) is 30.6 Å². The number of hydrogen-bond donors (Lipinski definition) is 0. The highest BCUT2D eigenvalue weighted by molar-refractivity contribution is 5.77. The summed E-state index contributed by atoms with van der Waals surface area (Å²) in [5.41, 5.74) is 0.607. The lowest BCUT2D eigenvalue weighted by atomic mass is 9.47. The molecule has 1 saturated heterocycles. The maximum Gasteiger partial charge on any atom is 0.222 e. The van der Waals surface area contributed by atoms with Crippen LogP contribution in [0.15, 0.2) is 0 Å². The van der Waals surface area contributed by atoms with E-state index in [4.69, 9.17) is 0 Å². The lowest BCUT2D eigenvalue weighted by Gasteiger charge is -2.62. The summed E-state index contributed by atoms with van der Waals surface area (Å²) in [6, 6.07) is 1.45. The van der Waals surface area contributed by atoms with Crippen LogP contribution in [0.1, 0.15) is 78.1 Å². The Morgan fingerprint density at radius 1 is 0.963 bits per heavy atom. The van der Waals surface area contributed by atoms with Gasteiger partial charge in [0.05, 0.1) is 0 Å². The smallest absolute Gasteiger partial charge is 0.222 e. The minimum atomic E-state index is 0.297. The van der Waals surface area contributed by atoms with E-state index >= 15 is 0 Å². The summed E-state index contributed by atoms with van der Waals surface area (Å²) in [6.45, 7) is 5.00.